The van der Waals surface area contributed by atoms with E-state index in [-0.39, 0.29) is 30.1 Å². The predicted molar refractivity (Wildman–Crippen MR) is 136 cm³/mol. The summed E-state index contributed by atoms with van der Waals surface area (Å²) < 4.78 is 28.9. The molecule has 2 amide bonds. The first-order chi connectivity index (χ1) is 17.5. The van der Waals surface area contributed by atoms with Crippen molar-refractivity contribution < 1.29 is 21.8 Å². The number of benzene rings is 1. The van der Waals surface area contributed by atoms with Gasteiger partial charge in [-0.1, -0.05) is 30.3 Å². The molecule has 1 spiro atoms. The Morgan fingerprint density at radius 1 is 0.914 bits per heavy atom. The molecule has 2 aliphatic heterocycles. The molecule has 7 nitrogen and oxygen atoms in total. The standard InChI is InChI=1S/C28H43N3O4/c1-27(2,3)35-26(33)30-15-13-28(14-16-30)11-9-23(10-12-28)21-29-17-19-31(20-18-29)25(32)34-22-24-7-5-4-6-8-24/h4-8,23H,9-22H2,1-3H3/i21D2. The van der Waals surface area contributed by atoms with Gasteiger partial charge in [0.1, 0.15) is 12.2 Å². The fraction of sp³-hybridized carbons (Fsp3) is 0.714. The number of piperazine rings is 1. The zero-order valence-electron chi connectivity index (χ0n) is 23.6. The van der Waals surface area contributed by atoms with Gasteiger partial charge in [-0.15, -0.1) is 0 Å². The van der Waals surface area contributed by atoms with Crippen LogP contribution in [0.15, 0.2) is 30.3 Å². The monoisotopic (exact) mass is 487 g/mol. The Morgan fingerprint density at radius 3 is 2.11 bits per heavy atom. The topological polar surface area (TPSA) is 62.3 Å². The summed E-state index contributed by atoms with van der Waals surface area (Å²) >= 11 is 0. The number of piperidine rings is 1. The number of amides is 2. The number of hydrogen-bond acceptors (Lipinski definition) is 5. The maximum Gasteiger partial charge on any atom is 0.410 e. The highest BCUT2D eigenvalue weighted by atomic mass is 16.6. The molecule has 3 fully saturated rings. The number of carbonyl (C=O) groups excluding carboxylic acids is 2. The summed E-state index contributed by atoms with van der Waals surface area (Å²) in [7, 11) is 0. The normalized spacial score (nSPS) is 22.9. The molecular formula is C28H43N3O4. The lowest BCUT2D eigenvalue weighted by molar-refractivity contribution is -0.000893. The van der Waals surface area contributed by atoms with Crippen LogP contribution in [0.1, 0.15) is 67.6 Å². The van der Waals surface area contributed by atoms with Crippen molar-refractivity contribution >= 4 is 12.2 Å². The van der Waals surface area contributed by atoms with Crippen molar-refractivity contribution in [2.24, 2.45) is 11.3 Å². The van der Waals surface area contributed by atoms with Crippen LogP contribution in [0.25, 0.3) is 0 Å². The molecule has 35 heavy (non-hydrogen) atoms. The molecule has 2 saturated heterocycles. The molecule has 1 aromatic rings. The average Bonchev–Trinajstić information content (AvgIpc) is 2.87. The van der Waals surface area contributed by atoms with Crippen molar-refractivity contribution in [2.45, 2.75) is 71.5 Å². The Kier molecular flexibility index (Phi) is 7.40. The third-order valence-corrected chi connectivity index (χ3v) is 7.63. The van der Waals surface area contributed by atoms with Crippen LogP contribution in [0.2, 0.25) is 0 Å². The Morgan fingerprint density at radius 2 is 1.51 bits per heavy atom. The quantitative estimate of drug-likeness (QED) is 0.588. The predicted octanol–water partition coefficient (Wildman–Crippen LogP) is 5.15. The molecule has 3 aliphatic rings. The second-order valence-electron chi connectivity index (χ2n) is 11.4. The van der Waals surface area contributed by atoms with Crippen LogP contribution in [0.5, 0.6) is 0 Å². The van der Waals surface area contributed by atoms with Crippen molar-refractivity contribution in [2.75, 3.05) is 45.8 Å². The highest BCUT2D eigenvalue weighted by molar-refractivity contribution is 5.68. The van der Waals surface area contributed by atoms with E-state index < -0.39 is 12.1 Å². The van der Waals surface area contributed by atoms with E-state index in [1.807, 2.05) is 60.9 Å². The highest BCUT2D eigenvalue weighted by Crippen LogP contribution is 2.46. The number of carbonyl (C=O) groups is 2. The maximum absolute atomic E-state index is 12.5. The molecule has 0 N–H and O–H groups in total. The summed E-state index contributed by atoms with van der Waals surface area (Å²) in [5, 5.41) is 0. The molecule has 194 valence electrons. The summed E-state index contributed by atoms with van der Waals surface area (Å²) in [5.74, 6) is -0.0152. The molecular weight excluding hydrogens is 442 g/mol. The molecule has 0 bridgehead atoms. The Labute approximate surface area is 213 Å². The number of nitrogens with zero attached hydrogens (tertiary/aromatic N) is 3. The molecule has 0 aromatic heterocycles. The van der Waals surface area contributed by atoms with Gasteiger partial charge in [-0.05, 0) is 76.2 Å². The first kappa shape index (κ1) is 23.1. The van der Waals surface area contributed by atoms with Crippen molar-refractivity contribution in [3.05, 3.63) is 35.9 Å². The van der Waals surface area contributed by atoms with Gasteiger partial charge in [-0.2, -0.15) is 0 Å². The molecule has 4 rings (SSSR count). The van der Waals surface area contributed by atoms with Gasteiger partial charge in [-0.25, -0.2) is 9.59 Å². The maximum atomic E-state index is 12.5. The smallest absolute Gasteiger partial charge is 0.410 e. The van der Waals surface area contributed by atoms with Gasteiger partial charge in [0.25, 0.3) is 0 Å². The summed E-state index contributed by atoms with van der Waals surface area (Å²) in [4.78, 5) is 30.3. The average molecular weight is 488 g/mol. The molecule has 1 aromatic carbocycles. The fourth-order valence-corrected chi connectivity index (χ4v) is 5.44. The zero-order valence-corrected chi connectivity index (χ0v) is 21.6. The van der Waals surface area contributed by atoms with E-state index in [0.29, 0.717) is 26.2 Å². The van der Waals surface area contributed by atoms with Crippen molar-refractivity contribution in [1.82, 2.24) is 14.7 Å². The van der Waals surface area contributed by atoms with Crippen LogP contribution in [0, 0.1) is 11.3 Å². The molecule has 0 atom stereocenters. The van der Waals surface area contributed by atoms with E-state index >= 15 is 0 Å². The SMILES string of the molecule is [2H]C([2H])(C1CCC2(CC1)CCN(C(=O)OC(C)(C)C)CC2)N1CCN(C(=O)OCc2ccccc2)CC1. The van der Waals surface area contributed by atoms with Gasteiger partial charge < -0.3 is 19.3 Å². The first-order valence-electron chi connectivity index (χ1n) is 14.2. The highest BCUT2D eigenvalue weighted by Gasteiger charge is 2.40. The molecule has 0 radical (unpaired) electrons. The van der Waals surface area contributed by atoms with Gasteiger partial charge in [0.15, 0.2) is 0 Å². The molecule has 2 heterocycles. The summed E-state index contributed by atoms with van der Waals surface area (Å²) in [5.41, 5.74) is 0.687. The second-order valence-corrected chi connectivity index (χ2v) is 11.4. The molecule has 1 aliphatic carbocycles. The summed E-state index contributed by atoms with van der Waals surface area (Å²) in [6.07, 6.45) is 5.10. The van der Waals surface area contributed by atoms with E-state index in [2.05, 4.69) is 0 Å². The van der Waals surface area contributed by atoms with Gasteiger partial charge in [0, 0.05) is 48.5 Å². The van der Waals surface area contributed by atoms with E-state index in [1.54, 1.807) is 4.90 Å². The minimum Gasteiger partial charge on any atom is -0.445 e. The summed E-state index contributed by atoms with van der Waals surface area (Å²) in [6.45, 7) is 7.95. The van der Waals surface area contributed by atoms with E-state index in [9.17, 15) is 9.59 Å². The van der Waals surface area contributed by atoms with Crippen LogP contribution in [0.3, 0.4) is 0 Å². The minimum atomic E-state index is -1.39. The van der Waals surface area contributed by atoms with E-state index in [1.165, 1.54) is 0 Å². The van der Waals surface area contributed by atoms with Crippen molar-refractivity contribution in [3.8, 4) is 0 Å². The molecule has 7 heteroatoms. The molecule has 0 unspecified atom stereocenters. The number of hydrogen-bond donors (Lipinski definition) is 0. The third kappa shape index (κ3) is 7.35. The van der Waals surface area contributed by atoms with Crippen LogP contribution in [-0.2, 0) is 16.1 Å². The van der Waals surface area contributed by atoms with E-state index in [4.69, 9.17) is 12.2 Å². The lowest BCUT2D eigenvalue weighted by Crippen LogP contribution is -2.50. The number of likely N-dealkylation sites (tertiary alicyclic amines) is 1. The largest absolute Gasteiger partial charge is 0.445 e. The van der Waals surface area contributed by atoms with Gasteiger partial charge in [0.2, 0.25) is 0 Å². The van der Waals surface area contributed by atoms with E-state index in [0.717, 1.165) is 57.2 Å². The van der Waals surface area contributed by atoms with Crippen LogP contribution in [0.4, 0.5) is 9.59 Å². The molecule has 1 saturated carbocycles. The van der Waals surface area contributed by atoms with Crippen LogP contribution < -0.4 is 0 Å². The Balaban J connectivity index is 1.21. The number of ether oxygens (including phenoxy) is 2. The lowest BCUT2D eigenvalue weighted by atomic mass is 9.65. The second kappa shape index (κ2) is 11.2. The van der Waals surface area contributed by atoms with Crippen molar-refractivity contribution in [3.63, 3.8) is 0 Å². The minimum absolute atomic E-state index is 0.0152. The van der Waals surface area contributed by atoms with Gasteiger partial charge in [-0.3, -0.25) is 4.90 Å². The van der Waals surface area contributed by atoms with Crippen molar-refractivity contribution in [1.29, 1.82) is 0 Å². The Bertz CT molecular complexity index is 911. The van der Waals surface area contributed by atoms with Crippen LogP contribution in [-0.4, -0.2) is 78.3 Å². The Hall–Kier alpha value is -2.28. The summed E-state index contributed by atoms with van der Waals surface area (Å²) in [6, 6.07) is 9.63. The van der Waals surface area contributed by atoms with Gasteiger partial charge >= 0.3 is 12.2 Å². The zero-order chi connectivity index (χ0) is 26.7. The van der Waals surface area contributed by atoms with Gasteiger partial charge in [0.05, 0.1) is 0 Å². The fourth-order valence-electron chi connectivity index (χ4n) is 5.44. The first-order valence-corrected chi connectivity index (χ1v) is 13.2. The van der Waals surface area contributed by atoms with Crippen LogP contribution >= 0.6 is 0 Å². The lowest BCUT2D eigenvalue weighted by Gasteiger charge is -2.46. The number of rotatable bonds is 4. The third-order valence-electron chi connectivity index (χ3n) is 7.63.